The summed E-state index contributed by atoms with van der Waals surface area (Å²) in [6.45, 7) is 2.37. The molecule has 0 saturated heterocycles. The van der Waals surface area contributed by atoms with Crippen molar-refractivity contribution < 1.29 is 35.4 Å². The summed E-state index contributed by atoms with van der Waals surface area (Å²) in [6.07, 6.45) is 0.0189. The highest BCUT2D eigenvalue weighted by Crippen LogP contribution is 1.91. The predicted molar refractivity (Wildman–Crippen MR) is 75.9 cm³/mol. The van der Waals surface area contributed by atoms with Gasteiger partial charge in [-0.2, -0.15) is 0 Å². The van der Waals surface area contributed by atoms with E-state index in [9.17, 15) is 35.4 Å². The summed E-state index contributed by atoms with van der Waals surface area (Å²) in [5.41, 5.74) is 0. The Labute approximate surface area is 132 Å². The van der Waals surface area contributed by atoms with Gasteiger partial charge in [0.25, 0.3) is 12.1 Å². The molecule has 138 valence electrons. The number of nitrogens with one attached hydrogen (secondary N) is 6. The van der Waals surface area contributed by atoms with E-state index in [2.05, 4.69) is 16.0 Å². The normalized spacial score (nSPS) is 13.2. The highest BCUT2D eigenvalue weighted by atomic mass is 16.6. The van der Waals surface area contributed by atoms with Crippen molar-refractivity contribution >= 4 is 5.91 Å². The van der Waals surface area contributed by atoms with Crippen LogP contribution < -0.4 is 31.9 Å². The minimum atomic E-state index is -2.75. The van der Waals surface area contributed by atoms with Gasteiger partial charge in [-0.15, -0.1) is 0 Å². The van der Waals surface area contributed by atoms with Gasteiger partial charge >= 0.3 is 6.03 Å². The molecule has 0 spiro atoms. The van der Waals surface area contributed by atoms with Crippen LogP contribution in [0.25, 0.3) is 0 Å². The molecule has 0 aliphatic heterocycles. The quantitative estimate of drug-likeness (QED) is 0.150. The molecule has 1 amide bonds. The van der Waals surface area contributed by atoms with Crippen molar-refractivity contribution in [1.82, 2.24) is 31.9 Å². The van der Waals surface area contributed by atoms with Crippen molar-refractivity contribution in [2.24, 2.45) is 0 Å². The van der Waals surface area contributed by atoms with Crippen molar-refractivity contribution in [2.45, 2.75) is 38.4 Å². The Morgan fingerprint density at radius 3 is 1.52 bits per heavy atom. The number of hydrogen-bond donors (Lipinski definition) is 12. The molecule has 13 heteroatoms. The maximum Gasteiger partial charge on any atom is 0.312 e. The van der Waals surface area contributed by atoms with Gasteiger partial charge in [0.05, 0.1) is 13.3 Å². The van der Waals surface area contributed by atoms with E-state index >= 15 is 0 Å². The van der Waals surface area contributed by atoms with Gasteiger partial charge < -0.3 is 30.6 Å². The van der Waals surface area contributed by atoms with E-state index in [0.29, 0.717) is 0 Å². The van der Waals surface area contributed by atoms with Crippen molar-refractivity contribution in [1.29, 1.82) is 0 Å². The van der Waals surface area contributed by atoms with E-state index < -0.39 is 37.3 Å². The Bertz CT molecular complexity index is 366. The van der Waals surface area contributed by atoms with Crippen molar-refractivity contribution in [3.63, 3.8) is 0 Å². The summed E-state index contributed by atoms with van der Waals surface area (Å²) in [4.78, 5) is 11.0. The average molecular weight is 342 g/mol. The molecule has 0 aromatic heterocycles. The smallest absolute Gasteiger partial charge is 0.312 e. The molecule has 0 atom stereocenters. The van der Waals surface area contributed by atoms with Crippen LogP contribution in [0.4, 0.5) is 0 Å². The minimum Gasteiger partial charge on any atom is -0.341 e. The number of amides is 1. The standard InChI is InChI=1S/C10H26N6O7/c1-3-7(17)16-10(22,23)15-6-14-9(20,21)13-5-12-8(18,19)11-4-2/h11-15,18-23H,3-6H2,1-2H3,(H,16,17). The fourth-order valence-electron chi connectivity index (χ4n) is 1.28. The zero-order chi connectivity index (χ0) is 18.1. The zero-order valence-corrected chi connectivity index (χ0v) is 12.9. The maximum absolute atomic E-state index is 11.0. The zero-order valence-electron chi connectivity index (χ0n) is 12.9. The molecular formula is C10H26N6O7. The van der Waals surface area contributed by atoms with E-state index in [1.807, 2.05) is 16.0 Å². The van der Waals surface area contributed by atoms with Gasteiger partial charge in [-0.05, 0) is 6.54 Å². The Kier molecular flexibility index (Phi) is 8.96. The summed E-state index contributed by atoms with van der Waals surface area (Å²) in [7, 11) is 0. The first-order chi connectivity index (χ1) is 10.4. The maximum atomic E-state index is 11.0. The summed E-state index contributed by atoms with van der Waals surface area (Å²) in [6, 6.07) is -7.84. The first-order valence-electron chi connectivity index (χ1n) is 6.83. The van der Waals surface area contributed by atoms with Crippen LogP contribution in [0.5, 0.6) is 0 Å². The lowest BCUT2D eigenvalue weighted by Crippen LogP contribution is -2.67. The summed E-state index contributed by atoms with van der Waals surface area (Å²) >= 11 is 0. The molecule has 0 aromatic carbocycles. The van der Waals surface area contributed by atoms with E-state index in [0.717, 1.165) is 0 Å². The third-order valence-corrected chi connectivity index (χ3v) is 2.40. The number of carbonyl (C=O) groups excluding carboxylic acids is 1. The molecule has 0 aliphatic rings. The number of hydrogen-bond acceptors (Lipinski definition) is 12. The largest absolute Gasteiger partial charge is 0.341 e. The second kappa shape index (κ2) is 9.36. The molecule has 0 aromatic rings. The molecule has 0 heterocycles. The lowest BCUT2D eigenvalue weighted by molar-refractivity contribution is -0.239. The minimum absolute atomic E-state index is 0.0189. The second-order valence-corrected chi connectivity index (χ2v) is 4.51. The molecule has 0 fully saturated rings. The molecular weight excluding hydrogens is 316 g/mol. The Hall–Kier alpha value is -0.970. The van der Waals surface area contributed by atoms with Crippen LogP contribution in [-0.4, -0.2) is 74.5 Å². The molecule has 23 heavy (non-hydrogen) atoms. The molecule has 0 radical (unpaired) electrons. The lowest BCUT2D eigenvalue weighted by Gasteiger charge is -2.29. The van der Waals surface area contributed by atoms with Crippen LogP contribution in [0.15, 0.2) is 0 Å². The van der Waals surface area contributed by atoms with E-state index in [1.54, 1.807) is 6.92 Å². The molecule has 13 nitrogen and oxygen atoms in total. The third-order valence-electron chi connectivity index (χ3n) is 2.40. The number of aliphatic hydroxyl groups is 6. The third kappa shape index (κ3) is 11.2. The fraction of sp³-hybridized carbons (Fsp3) is 0.900. The number of carbonyl (C=O) groups is 1. The Morgan fingerprint density at radius 2 is 1.13 bits per heavy atom. The van der Waals surface area contributed by atoms with Gasteiger partial charge in [0.1, 0.15) is 0 Å². The van der Waals surface area contributed by atoms with E-state index in [4.69, 9.17) is 0 Å². The van der Waals surface area contributed by atoms with Crippen LogP contribution in [-0.2, 0) is 4.79 Å². The van der Waals surface area contributed by atoms with E-state index in [1.165, 1.54) is 6.92 Å². The molecule has 12 N–H and O–H groups in total. The topological polar surface area (TPSA) is 211 Å². The van der Waals surface area contributed by atoms with Crippen LogP contribution in [0.3, 0.4) is 0 Å². The summed E-state index contributed by atoms with van der Waals surface area (Å²) in [5.74, 6) is -0.644. The van der Waals surface area contributed by atoms with Gasteiger partial charge in [-0.25, -0.2) is 21.3 Å². The highest BCUT2D eigenvalue weighted by Gasteiger charge is 2.28. The molecule has 0 saturated carbocycles. The first-order valence-corrected chi connectivity index (χ1v) is 6.83. The molecule has 0 unspecified atom stereocenters. The summed E-state index contributed by atoms with van der Waals surface area (Å²) in [5, 5.41) is 68.5. The van der Waals surface area contributed by atoms with Crippen LogP contribution in [0.2, 0.25) is 0 Å². The predicted octanol–water partition coefficient (Wildman–Crippen LogP) is -5.82. The highest BCUT2D eigenvalue weighted by molar-refractivity contribution is 5.75. The molecule has 0 aliphatic carbocycles. The average Bonchev–Trinajstić information content (AvgIpc) is 2.36. The van der Waals surface area contributed by atoms with Gasteiger partial charge in [0, 0.05) is 6.42 Å². The van der Waals surface area contributed by atoms with Crippen molar-refractivity contribution in [3.8, 4) is 0 Å². The van der Waals surface area contributed by atoms with E-state index in [-0.39, 0.29) is 13.0 Å². The fourth-order valence-corrected chi connectivity index (χ4v) is 1.28. The monoisotopic (exact) mass is 342 g/mol. The van der Waals surface area contributed by atoms with Crippen LogP contribution in [0, 0.1) is 0 Å². The lowest BCUT2D eigenvalue weighted by atomic mass is 10.4. The Balaban J connectivity index is 4.11. The van der Waals surface area contributed by atoms with Gasteiger partial charge in [0.15, 0.2) is 0 Å². The van der Waals surface area contributed by atoms with Crippen molar-refractivity contribution in [3.05, 3.63) is 0 Å². The van der Waals surface area contributed by atoms with Crippen LogP contribution in [0.1, 0.15) is 20.3 Å². The van der Waals surface area contributed by atoms with Crippen LogP contribution >= 0.6 is 0 Å². The van der Waals surface area contributed by atoms with Gasteiger partial charge in [-0.3, -0.25) is 15.4 Å². The molecule has 0 rings (SSSR count). The summed E-state index contributed by atoms with van der Waals surface area (Å²) < 4.78 is 0. The SMILES string of the molecule is CCNC(O)(O)NCNC(O)(O)NCNC(O)(O)NC(=O)CC. The Morgan fingerprint density at radius 1 is 0.739 bits per heavy atom. The second-order valence-electron chi connectivity index (χ2n) is 4.51. The first kappa shape index (κ1) is 22.0. The molecule has 0 bridgehead atoms. The van der Waals surface area contributed by atoms with Gasteiger partial charge in [-0.1, -0.05) is 13.8 Å². The number of rotatable bonds is 12. The van der Waals surface area contributed by atoms with Crippen molar-refractivity contribution in [2.75, 3.05) is 19.9 Å². The van der Waals surface area contributed by atoms with Gasteiger partial charge in [0.2, 0.25) is 5.91 Å².